The van der Waals surface area contributed by atoms with Crippen molar-refractivity contribution in [3.8, 4) is 16.9 Å². The van der Waals surface area contributed by atoms with Gasteiger partial charge in [0.2, 0.25) is 0 Å². The van der Waals surface area contributed by atoms with Crippen molar-refractivity contribution >= 4 is 5.97 Å². The Morgan fingerprint density at radius 2 is 1.95 bits per heavy atom. The van der Waals surface area contributed by atoms with Crippen molar-refractivity contribution in [3.63, 3.8) is 0 Å². The molecule has 104 valence electrons. The third kappa shape index (κ3) is 2.64. The maximum atomic E-state index is 11.1. The summed E-state index contributed by atoms with van der Waals surface area (Å²) in [6, 6.07) is 9.18. The van der Waals surface area contributed by atoms with Gasteiger partial charge in [-0.1, -0.05) is 32.0 Å². The van der Waals surface area contributed by atoms with Crippen LogP contribution >= 0.6 is 0 Å². The fourth-order valence-corrected chi connectivity index (χ4v) is 2.14. The first-order valence-corrected chi connectivity index (χ1v) is 6.41. The lowest BCUT2D eigenvalue weighted by molar-refractivity contribution is 0.0690. The number of aromatic nitrogens is 1. The molecule has 0 aliphatic heterocycles. The fraction of sp³-hybridized carbons (Fsp3) is 0.250. The Kier molecular flexibility index (Phi) is 4.03. The third-order valence-corrected chi connectivity index (χ3v) is 3.17. The number of hydrogen-bond donors (Lipinski definition) is 1. The highest BCUT2D eigenvalue weighted by Gasteiger charge is 2.16. The van der Waals surface area contributed by atoms with E-state index in [1.165, 1.54) is 0 Å². The zero-order valence-corrected chi connectivity index (χ0v) is 11.8. The zero-order valence-electron chi connectivity index (χ0n) is 11.8. The Morgan fingerprint density at radius 3 is 2.55 bits per heavy atom. The molecule has 1 N–H and O–H groups in total. The minimum Gasteiger partial charge on any atom is -0.496 e. The summed E-state index contributed by atoms with van der Waals surface area (Å²) in [7, 11) is 1.60. The maximum absolute atomic E-state index is 11.1. The standard InChI is InChI=1S/C16H17NO3/c1-10(2)13-9-17-14(16(18)19)8-12(13)11-6-4-5-7-15(11)20-3/h4-10H,1-3H3,(H,18,19). The Bertz CT molecular complexity index is 635. The normalized spacial score (nSPS) is 10.6. The summed E-state index contributed by atoms with van der Waals surface area (Å²) in [4.78, 5) is 15.1. The topological polar surface area (TPSA) is 59.4 Å². The number of carboxylic acid groups (broad SMARTS) is 1. The lowest BCUT2D eigenvalue weighted by Crippen LogP contribution is -2.04. The van der Waals surface area contributed by atoms with Gasteiger partial charge in [0.05, 0.1) is 7.11 Å². The molecule has 2 rings (SSSR count). The number of nitrogens with zero attached hydrogens (tertiary/aromatic N) is 1. The van der Waals surface area contributed by atoms with Crippen LogP contribution in [-0.2, 0) is 0 Å². The van der Waals surface area contributed by atoms with Crippen LogP contribution in [0.1, 0.15) is 35.8 Å². The van der Waals surface area contributed by atoms with Crippen molar-refractivity contribution in [1.82, 2.24) is 4.98 Å². The number of ether oxygens (including phenoxy) is 1. The summed E-state index contributed by atoms with van der Waals surface area (Å²) in [6.07, 6.45) is 1.63. The van der Waals surface area contributed by atoms with Gasteiger partial charge in [-0.15, -0.1) is 0 Å². The lowest BCUT2D eigenvalue weighted by atomic mass is 9.93. The van der Waals surface area contributed by atoms with Crippen molar-refractivity contribution in [2.45, 2.75) is 19.8 Å². The van der Waals surface area contributed by atoms with Gasteiger partial charge in [-0.25, -0.2) is 9.78 Å². The molecule has 0 fully saturated rings. The number of carbonyl (C=O) groups is 1. The molecule has 0 bridgehead atoms. The molecular weight excluding hydrogens is 254 g/mol. The Balaban J connectivity index is 2.69. The molecule has 0 aliphatic rings. The van der Waals surface area contributed by atoms with Crippen LogP contribution in [0.4, 0.5) is 0 Å². The molecule has 0 saturated carbocycles. The van der Waals surface area contributed by atoms with Gasteiger partial charge in [0.25, 0.3) is 0 Å². The van der Waals surface area contributed by atoms with Gasteiger partial charge in [0.1, 0.15) is 11.4 Å². The second kappa shape index (κ2) is 5.74. The summed E-state index contributed by atoms with van der Waals surface area (Å²) >= 11 is 0. The molecule has 4 nitrogen and oxygen atoms in total. The van der Waals surface area contributed by atoms with Crippen molar-refractivity contribution in [2.24, 2.45) is 0 Å². The number of rotatable bonds is 4. The molecule has 0 amide bonds. The molecule has 1 aromatic carbocycles. The smallest absolute Gasteiger partial charge is 0.354 e. The number of hydrogen-bond acceptors (Lipinski definition) is 3. The van der Waals surface area contributed by atoms with Crippen molar-refractivity contribution in [3.05, 3.63) is 47.8 Å². The van der Waals surface area contributed by atoms with Crippen molar-refractivity contribution in [1.29, 1.82) is 0 Å². The summed E-state index contributed by atoms with van der Waals surface area (Å²) < 4.78 is 5.37. The van der Waals surface area contributed by atoms with Gasteiger partial charge in [-0.05, 0) is 29.2 Å². The van der Waals surface area contributed by atoms with E-state index in [-0.39, 0.29) is 11.6 Å². The zero-order chi connectivity index (χ0) is 14.7. The van der Waals surface area contributed by atoms with Crippen molar-refractivity contribution in [2.75, 3.05) is 7.11 Å². The van der Waals surface area contributed by atoms with Crippen LogP contribution in [0.3, 0.4) is 0 Å². The van der Waals surface area contributed by atoms with E-state index >= 15 is 0 Å². The second-order valence-electron chi connectivity index (χ2n) is 4.82. The third-order valence-electron chi connectivity index (χ3n) is 3.17. The van der Waals surface area contributed by atoms with Gasteiger partial charge < -0.3 is 9.84 Å². The summed E-state index contributed by atoms with van der Waals surface area (Å²) in [5.74, 6) is -0.0707. The number of methoxy groups -OCH3 is 1. The maximum Gasteiger partial charge on any atom is 0.354 e. The van der Waals surface area contributed by atoms with Crippen LogP contribution < -0.4 is 4.74 Å². The minimum absolute atomic E-state index is 0.0373. The lowest BCUT2D eigenvalue weighted by Gasteiger charge is -2.15. The molecule has 0 atom stereocenters. The first-order valence-electron chi connectivity index (χ1n) is 6.41. The molecule has 0 unspecified atom stereocenters. The highest BCUT2D eigenvalue weighted by Crippen LogP contribution is 2.35. The fourth-order valence-electron chi connectivity index (χ4n) is 2.14. The molecule has 1 aromatic heterocycles. The van der Waals surface area contributed by atoms with Gasteiger partial charge >= 0.3 is 5.97 Å². The van der Waals surface area contributed by atoms with Gasteiger partial charge in [0.15, 0.2) is 0 Å². The molecular formula is C16H17NO3. The quantitative estimate of drug-likeness (QED) is 0.923. The first kappa shape index (κ1) is 14.1. The average molecular weight is 271 g/mol. The molecule has 0 saturated heterocycles. The molecule has 0 radical (unpaired) electrons. The highest BCUT2D eigenvalue weighted by molar-refractivity contribution is 5.88. The minimum atomic E-state index is -1.03. The van der Waals surface area contributed by atoms with Crippen LogP contribution in [0, 0.1) is 0 Å². The van der Waals surface area contributed by atoms with E-state index in [2.05, 4.69) is 18.8 Å². The molecule has 0 spiro atoms. The number of benzene rings is 1. The molecule has 4 heteroatoms. The van der Waals surface area contributed by atoms with Crippen LogP contribution in [0.2, 0.25) is 0 Å². The largest absolute Gasteiger partial charge is 0.496 e. The molecule has 20 heavy (non-hydrogen) atoms. The predicted octanol–water partition coefficient (Wildman–Crippen LogP) is 3.58. The second-order valence-corrected chi connectivity index (χ2v) is 4.82. The van der Waals surface area contributed by atoms with E-state index in [1.54, 1.807) is 19.4 Å². The molecule has 0 aliphatic carbocycles. The van der Waals surface area contributed by atoms with Crippen molar-refractivity contribution < 1.29 is 14.6 Å². The number of carboxylic acids is 1. The van der Waals surface area contributed by atoms with Crippen LogP contribution in [0.15, 0.2) is 36.5 Å². The molecule has 2 aromatic rings. The molecule has 1 heterocycles. The van der Waals surface area contributed by atoms with E-state index in [9.17, 15) is 4.79 Å². The number of aromatic carboxylic acids is 1. The first-order chi connectivity index (χ1) is 9.54. The van der Waals surface area contributed by atoms with Gasteiger partial charge in [-0.2, -0.15) is 0 Å². The van der Waals surface area contributed by atoms with Gasteiger partial charge in [-0.3, -0.25) is 0 Å². The van der Waals surface area contributed by atoms with Crippen LogP contribution in [0.5, 0.6) is 5.75 Å². The van der Waals surface area contributed by atoms with Crippen LogP contribution in [0.25, 0.3) is 11.1 Å². The SMILES string of the molecule is COc1ccccc1-c1cc(C(=O)O)ncc1C(C)C. The van der Waals surface area contributed by atoms with E-state index in [0.29, 0.717) is 0 Å². The van der Waals surface area contributed by atoms with E-state index in [4.69, 9.17) is 9.84 Å². The summed E-state index contributed by atoms with van der Waals surface area (Å²) in [6.45, 7) is 4.10. The summed E-state index contributed by atoms with van der Waals surface area (Å²) in [5, 5.41) is 9.12. The Hall–Kier alpha value is -2.36. The Morgan fingerprint density at radius 1 is 1.25 bits per heavy atom. The highest BCUT2D eigenvalue weighted by atomic mass is 16.5. The monoisotopic (exact) mass is 271 g/mol. The number of pyridine rings is 1. The van der Waals surface area contributed by atoms with E-state index < -0.39 is 5.97 Å². The number of para-hydroxylation sites is 1. The van der Waals surface area contributed by atoms with Gasteiger partial charge in [0, 0.05) is 11.8 Å². The Labute approximate surface area is 118 Å². The van der Waals surface area contributed by atoms with E-state index in [0.717, 1.165) is 22.4 Å². The average Bonchev–Trinajstić information content (AvgIpc) is 2.46. The van der Waals surface area contributed by atoms with Crippen LogP contribution in [-0.4, -0.2) is 23.2 Å². The van der Waals surface area contributed by atoms with E-state index in [1.807, 2.05) is 24.3 Å². The predicted molar refractivity (Wildman–Crippen MR) is 77.3 cm³/mol. The summed E-state index contributed by atoms with van der Waals surface area (Å²) in [5.41, 5.74) is 2.77.